The van der Waals surface area contributed by atoms with Gasteiger partial charge in [0.05, 0.1) is 0 Å². The Kier molecular flexibility index (Phi) is 4.49. The average Bonchev–Trinajstić information content (AvgIpc) is 3.39. The van der Waals surface area contributed by atoms with Gasteiger partial charge in [0.1, 0.15) is 12.1 Å². The Morgan fingerprint density at radius 2 is 2.05 bits per heavy atom. The van der Waals surface area contributed by atoms with Crippen molar-refractivity contribution in [2.75, 3.05) is 12.4 Å². The van der Waals surface area contributed by atoms with Crippen molar-refractivity contribution in [2.24, 2.45) is 0 Å². The van der Waals surface area contributed by atoms with Crippen LogP contribution in [0.4, 0.5) is 5.82 Å². The standard InChI is InChI=1S/C18H22N4/c1-3-17(21-18-10-11-19-13-20-18)15-6-4-14(5-7-15)12-22(2)16-8-9-16/h3-7,10-11,13,16H,8-9,12H2,1-2H3,(H,19,20,21)/b17-3+. The maximum absolute atomic E-state index is 4.21. The van der Waals surface area contributed by atoms with Gasteiger partial charge in [-0.1, -0.05) is 30.3 Å². The van der Waals surface area contributed by atoms with Crippen molar-refractivity contribution in [3.63, 3.8) is 0 Å². The van der Waals surface area contributed by atoms with Crippen LogP contribution in [0, 0.1) is 0 Å². The minimum atomic E-state index is 0.796. The van der Waals surface area contributed by atoms with Crippen LogP contribution < -0.4 is 5.32 Å². The monoisotopic (exact) mass is 294 g/mol. The number of hydrogen-bond donors (Lipinski definition) is 1. The molecular formula is C18H22N4. The lowest BCUT2D eigenvalue weighted by molar-refractivity contribution is 0.316. The van der Waals surface area contributed by atoms with E-state index < -0.39 is 0 Å². The summed E-state index contributed by atoms with van der Waals surface area (Å²) >= 11 is 0. The first-order chi connectivity index (χ1) is 10.8. The molecule has 0 unspecified atom stereocenters. The van der Waals surface area contributed by atoms with Gasteiger partial charge in [-0.2, -0.15) is 0 Å². The van der Waals surface area contributed by atoms with Gasteiger partial charge >= 0.3 is 0 Å². The highest BCUT2D eigenvalue weighted by atomic mass is 15.1. The molecule has 1 fully saturated rings. The van der Waals surface area contributed by atoms with Crippen LogP contribution in [0.2, 0.25) is 0 Å². The summed E-state index contributed by atoms with van der Waals surface area (Å²) in [5.41, 5.74) is 3.58. The predicted molar refractivity (Wildman–Crippen MR) is 90.2 cm³/mol. The summed E-state index contributed by atoms with van der Waals surface area (Å²) in [6.45, 7) is 3.05. The highest BCUT2D eigenvalue weighted by Gasteiger charge is 2.25. The van der Waals surface area contributed by atoms with Crippen molar-refractivity contribution >= 4 is 11.5 Å². The zero-order valence-electron chi connectivity index (χ0n) is 13.2. The zero-order valence-corrected chi connectivity index (χ0v) is 13.2. The van der Waals surface area contributed by atoms with E-state index in [1.54, 1.807) is 12.5 Å². The van der Waals surface area contributed by atoms with Crippen LogP contribution in [0.3, 0.4) is 0 Å². The molecule has 0 radical (unpaired) electrons. The number of anilines is 1. The summed E-state index contributed by atoms with van der Waals surface area (Å²) < 4.78 is 0. The third-order valence-corrected chi connectivity index (χ3v) is 4.00. The van der Waals surface area contributed by atoms with E-state index in [2.05, 4.69) is 57.6 Å². The van der Waals surface area contributed by atoms with Gasteiger partial charge in [-0.05, 0) is 44.0 Å². The van der Waals surface area contributed by atoms with Crippen LogP contribution in [0.1, 0.15) is 30.9 Å². The fourth-order valence-corrected chi connectivity index (χ4v) is 2.54. The van der Waals surface area contributed by atoms with E-state index in [4.69, 9.17) is 0 Å². The molecule has 1 N–H and O–H groups in total. The largest absolute Gasteiger partial charge is 0.340 e. The Bertz CT molecular complexity index is 630. The van der Waals surface area contributed by atoms with E-state index in [0.717, 1.165) is 24.1 Å². The SMILES string of the molecule is C/C=C(/Nc1ccncn1)c1ccc(CN(C)C2CC2)cc1. The summed E-state index contributed by atoms with van der Waals surface area (Å²) in [4.78, 5) is 10.6. The molecule has 0 amide bonds. The summed E-state index contributed by atoms with van der Waals surface area (Å²) in [7, 11) is 2.21. The van der Waals surface area contributed by atoms with Gasteiger partial charge in [0, 0.05) is 24.5 Å². The Morgan fingerprint density at radius 3 is 2.64 bits per heavy atom. The second-order valence-electron chi connectivity index (χ2n) is 5.77. The number of benzene rings is 1. The Balaban J connectivity index is 1.67. The molecule has 2 aromatic rings. The number of allylic oxidation sites excluding steroid dienone is 1. The van der Waals surface area contributed by atoms with Crippen molar-refractivity contribution in [3.8, 4) is 0 Å². The quantitative estimate of drug-likeness (QED) is 0.884. The zero-order chi connectivity index (χ0) is 15.4. The molecule has 0 spiro atoms. The third-order valence-electron chi connectivity index (χ3n) is 4.00. The number of rotatable bonds is 6. The fourth-order valence-electron chi connectivity index (χ4n) is 2.54. The van der Waals surface area contributed by atoms with E-state index in [9.17, 15) is 0 Å². The van der Waals surface area contributed by atoms with Crippen LogP contribution in [0.5, 0.6) is 0 Å². The van der Waals surface area contributed by atoms with Gasteiger partial charge in [0.2, 0.25) is 0 Å². The maximum Gasteiger partial charge on any atom is 0.133 e. The predicted octanol–water partition coefficient (Wildman–Crippen LogP) is 3.54. The molecule has 1 aromatic heterocycles. The van der Waals surface area contributed by atoms with Crippen molar-refractivity contribution < 1.29 is 0 Å². The summed E-state index contributed by atoms with van der Waals surface area (Å²) in [5.74, 6) is 0.806. The van der Waals surface area contributed by atoms with Gasteiger partial charge in [0.25, 0.3) is 0 Å². The first kappa shape index (κ1) is 14.7. The minimum absolute atomic E-state index is 0.796. The van der Waals surface area contributed by atoms with Crippen LogP contribution in [-0.4, -0.2) is 28.0 Å². The Hall–Kier alpha value is -2.20. The maximum atomic E-state index is 4.21. The molecule has 1 heterocycles. The van der Waals surface area contributed by atoms with E-state index in [-0.39, 0.29) is 0 Å². The average molecular weight is 294 g/mol. The lowest BCUT2D eigenvalue weighted by Crippen LogP contribution is -2.19. The molecule has 0 aliphatic heterocycles. The molecule has 1 aliphatic rings. The lowest BCUT2D eigenvalue weighted by Gasteiger charge is -2.16. The van der Waals surface area contributed by atoms with Crippen LogP contribution in [0.15, 0.2) is 48.9 Å². The molecule has 4 heteroatoms. The fraction of sp³-hybridized carbons (Fsp3) is 0.333. The van der Waals surface area contributed by atoms with Gasteiger partial charge < -0.3 is 5.32 Å². The Labute approximate surface area is 131 Å². The molecule has 4 nitrogen and oxygen atoms in total. The number of nitrogens with one attached hydrogen (secondary N) is 1. The Morgan fingerprint density at radius 1 is 1.27 bits per heavy atom. The molecule has 114 valence electrons. The first-order valence-corrected chi connectivity index (χ1v) is 7.75. The van der Waals surface area contributed by atoms with E-state index >= 15 is 0 Å². The normalized spacial score (nSPS) is 15.1. The minimum Gasteiger partial charge on any atom is -0.340 e. The molecule has 0 atom stereocenters. The first-order valence-electron chi connectivity index (χ1n) is 7.75. The van der Waals surface area contributed by atoms with Gasteiger partial charge in [-0.25, -0.2) is 9.97 Å². The molecule has 22 heavy (non-hydrogen) atoms. The van der Waals surface area contributed by atoms with Crippen LogP contribution >= 0.6 is 0 Å². The smallest absolute Gasteiger partial charge is 0.133 e. The molecule has 0 saturated heterocycles. The third kappa shape index (κ3) is 3.71. The summed E-state index contributed by atoms with van der Waals surface area (Å²) in [5, 5.41) is 3.33. The summed E-state index contributed by atoms with van der Waals surface area (Å²) in [6.07, 6.45) is 8.04. The topological polar surface area (TPSA) is 41.1 Å². The number of hydrogen-bond acceptors (Lipinski definition) is 4. The second kappa shape index (κ2) is 6.71. The van der Waals surface area contributed by atoms with Crippen LogP contribution in [0.25, 0.3) is 5.70 Å². The van der Waals surface area contributed by atoms with Gasteiger partial charge in [-0.15, -0.1) is 0 Å². The summed E-state index contributed by atoms with van der Waals surface area (Å²) in [6, 6.07) is 11.4. The highest BCUT2D eigenvalue weighted by Crippen LogP contribution is 2.27. The number of aromatic nitrogens is 2. The molecule has 1 saturated carbocycles. The van der Waals surface area contributed by atoms with Gasteiger partial charge in [0.15, 0.2) is 0 Å². The van der Waals surface area contributed by atoms with Gasteiger partial charge in [-0.3, -0.25) is 4.90 Å². The highest BCUT2D eigenvalue weighted by molar-refractivity contribution is 5.75. The second-order valence-corrected chi connectivity index (χ2v) is 5.77. The van der Waals surface area contributed by atoms with Crippen molar-refractivity contribution in [2.45, 2.75) is 32.4 Å². The van der Waals surface area contributed by atoms with Crippen molar-refractivity contribution in [3.05, 3.63) is 60.1 Å². The molecule has 1 aliphatic carbocycles. The molecule has 3 rings (SSSR count). The van der Waals surface area contributed by atoms with E-state index in [0.29, 0.717) is 0 Å². The van der Waals surface area contributed by atoms with Crippen LogP contribution in [-0.2, 0) is 6.54 Å². The lowest BCUT2D eigenvalue weighted by atomic mass is 10.1. The van der Waals surface area contributed by atoms with Crippen molar-refractivity contribution in [1.82, 2.24) is 14.9 Å². The molecule has 1 aromatic carbocycles. The van der Waals surface area contributed by atoms with E-state index in [1.807, 2.05) is 13.0 Å². The number of nitrogens with zero attached hydrogens (tertiary/aromatic N) is 3. The van der Waals surface area contributed by atoms with E-state index in [1.165, 1.54) is 24.0 Å². The molecule has 0 bridgehead atoms. The van der Waals surface area contributed by atoms with Crippen molar-refractivity contribution in [1.29, 1.82) is 0 Å². The molecular weight excluding hydrogens is 272 g/mol.